The van der Waals surface area contributed by atoms with Crippen molar-refractivity contribution >= 4 is 18.1 Å². The van der Waals surface area contributed by atoms with Crippen molar-refractivity contribution < 1.29 is 9.57 Å². The molecule has 0 saturated heterocycles. The molecular formula is C16H18N6O2. The lowest BCUT2D eigenvalue weighted by Gasteiger charge is -2.17. The van der Waals surface area contributed by atoms with Crippen LogP contribution in [-0.2, 0) is 4.84 Å². The number of para-hydroxylation sites is 1. The first-order valence-corrected chi connectivity index (χ1v) is 7.42. The molecule has 1 unspecified atom stereocenters. The van der Waals surface area contributed by atoms with Crippen LogP contribution < -0.4 is 9.80 Å². The van der Waals surface area contributed by atoms with Gasteiger partial charge in [0.2, 0.25) is 0 Å². The van der Waals surface area contributed by atoms with E-state index in [4.69, 9.17) is 15.0 Å². The molecule has 8 heteroatoms. The van der Waals surface area contributed by atoms with Crippen LogP contribution in [-0.4, -0.2) is 33.0 Å². The summed E-state index contributed by atoms with van der Waals surface area (Å²) >= 11 is 0. The molecule has 0 amide bonds. The second-order valence-corrected chi connectivity index (χ2v) is 5.16. The number of fused-ring (bicyclic) bond motifs is 1. The number of aryl methyl sites for hydroxylation is 1. The Bertz CT molecular complexity index is 863. The van der Waals surface area contributed by atoms with Gasteiger partial charge in [-0.3, -0.25) is 10.2 Å². The van der Waals surface area contributed by atoms with Gasteiger partial charge in [-0.15, -0.1) is 5.10 Å². The Kier molecular flexibility index (Phi) is 4.39. The highest BCUT2D eigenvalue weighted by Gasteiger charge is 2.17. The Morgan fingerprint density at radius 1 is 1.29 bits per heavy atom. The fraction of sp³-hybridized carbons (Fsp3) is 0.250. The summed E-state index contributed by atoms with van der Waals surface area (Å²) in [6.45, 7) is 3.94. The van der Waals surface area contributed by atoms with Crippen molar-refractivity contribution in [2.45, 2.75) is 20.0 Å². The molecule has 1 atom stereocenters. The average molecular weight is 326 g/mol. The largest absolute Gasteiger partial charge is 0.484 e. The van der Waals surface area contributed by atoms with Gasteiger partial charge < -0.3 is 4.74 Å². The van der Waals surface area contributed by atoms with Gasteiger partial charge in [0.05, 0.1) is 12.8 Å². The zero-order chi connectivity index (χ0) is 17.1. The molecule has 1 N–H and O–H groups in total. The number of ether oxygens (including phenoxy) is 1. The highest BCUT2D eigenvalue weighted by atomic mass is 16.7. The lowest BCUT2D eigenvalue weighted by molar-refractivity contribution is 0.207. The van der Waals surface area contributed by atoms with E-state index in [9.17, 15) is 0 Å². The number of hydrogen-bond acceptors (Lipinski definition) is 6. The van der Waals surface area contributed by atoms with Crippen LogP contribution in [0.5, 0.6) is 5.75 Å². The van der Waals surface area contributed by atoms with E-state index in [1.54, 1.807) is 10.7 Å². The smallest absolute Gasteiger partial charge is 0.276 e. The number of rotatable bonds is 6. The van der Waals surface area contributed by atoms with E-state index in [1.165, 1.54) is 7.11 Å². The molecule has 24 heavy (non-hydrogen) atoms. The van der Waals surface area contributed by atoms with Crippen LogP contribution in [0.4, 0.5) is 5.95 Å². The maximum Gasteiger partial charge on any atom is 0.276 e. The fourth-order valence-corrected chi connectivity index (χ4v) is 2.33. The van der Waals surface area contributed by atoms with Gasteiger partial charge in [0, 0.05) is 6.20 Å². The number of nitrogens with one attached hydrogen (secondary N) is 1. The number of hydroxylamine groups is 1. The third kappa shape index (κ3) is 2.91. The summed E-state index contributed by atoms with van der Waals surface area (Å²) in [7, 11) is 1.44. The summed E-state index contributed by atoms with van der Waals surface area (Å²) in [5, 5.41) is 12.8. The minimum atomic E-state index is -0.262. The zero-order valence-corrected chi connectivity index (χ0v) is 13.7. The SMILES string of the molecule is CON(C=N)c1nc2nccc(C(C)Oc3ccccc3C)n2n1. The van der Waals surface area contributed by atoms with Crippen molar-refractivity contribution in [1.82, 2.24) is 19.6 Å². The summed E-state index contributed by atoms with van der Waals surface area (Å²) < 4.78 is 7.65. The third-order valence-corrected chi connectivity index (χ3v) is 3.58. The number of anilines is 1. The van der Waals surface area contributed by atoms with Gasteiger partial charge in [0.1, 0.15) is 18.2 Å². The zero-order valence-electron chi connectivity index (χ0n) is 13.7. The summed E-state index contributed by atoms with van der Waals surface area (Å²) in [6, 6.07) is 9.66. The predicted molar refractivity (Wildman–Crippen MR) is 89.3 cm³/mol. The maximum atomic E-state index is 7.32. The topological polar surface area (TPSA) is 88.6 Å². The molecule has 0 radical (unpaired) electrons. The summed E-state index contributed by atoms with van der Waals surface area (Å²) in [4.78, 5) is 13.5. The van der Waals surface area contributed by atoms with Crippen LogP contribution in [0.3, 0.4) is 0 Å². The van der Waals surface area contributed by atoms with E-state index in [1.807, 2.05) is 44.2 Å². The van der Waals surface area contributed by atoms with Crippen molar-refractivity contribution in [2.75, 3.05) is 12.2 Å². The van der Waals surface area contributed by atoms with Crippen molar-refractivity contribution in [3.05, 3.63) is 47.8 Å². The lowest BCUT2D eigenvalue weighted by atomic mass is 10.2. The quantitative estimate of drug-likeness (QED) is 0.425. The lowest BCUT2D eigenvalue weighted by Crippen LogP contribution is -2.20. The van der Waals surface area contributed by atoms with Crippen LogP contribution in [0.2, 0.25) is 0 Å². The fourth-order valence-electron chi connectivity index (χ4n) is 2.33. The van der Waals surface area contributed by atoms with E-state index < -0.39 is 0 Å². The molecule has 3 aromatic rings. The van der Waals surface area contributed by atoms with E-state index in [2.05, 4.69) is 15.1 Å². The van der Waals surface area contributed by atoms with Gasteiger partial charge in [-0.1, -0.05) is 18.2 Å². The summed E-state index contributed by atoms with van der Waals surface area (Å²) in [6.07, 6.45) is 2.38. The third-order valence-electron chi connectivity index (χ3n) is 3.58. The highest BCUT2D eigenvalue weighted by Crippen LogP contribution is 2.24. The van der Waals surface area contributed by atoms with Crippen molar-refractivity contribution in [3.63, 3.8) is 0 Å². The Morgan fingerprint density at radius 3 is 2.79 bits per heavy atom. The number of nitrogens with zero attached hydrogens (tertiary/aromatic N) is 5. The molecule has 124 valence electrons. The van der Waals surface area contributed by atoms with Crippen LogP contribution in [0.1, 0.15) is 24.3 Å². The minimum absolute atomic E-state index is 0.232. The number of hydrogen-bond donors (Lipinski definition) is 1. The predicted octanol–water partition coefficient (Wildman–Crippen LogP) is 2.55. The Labute approximate surface area is 139 Å². The van der Waals surface area contributed by atoms with Crippen molar-refractivity contribution in [1.29, 1.82) is 5.41 Å². The van der Waals surface area contributed by atoms with Gasteiger partial charge >= 0.3 is 0 Å². The van der Waals surface area contributed by atoms with Crippen LogP contribution >= 0.6 is 0 Å². The molecule has 0 fully saturated rings. The molecule has 1 aromatic carbocycles. The van der Waals surface area contributed by atoms with Crippen molar-refractivity contribution in [3.8, 4) is 5.75 Å². The first kappa shape index (κ1) is 15.9. The second kappa shape index (κ2) is 6.63. The van der Waals surface area contributed by atoms with Crippen LogP contribution in [0.15, 0.2) is 36.5 Å². The monoisotopic (exact) mass is 326 g/mol. The molecule has 0 aliphatic heterocycles. The standard InChI is InChI=1S/C16H18N6O2/c1-11-6-4-5-7-14(11)24-12(2)13-8-9-18-15-19-16(20-22(13)15)21(10-17)23-3/h4-10,12,17H,1-3H3. The molecule has 0 saturated carbocycles. The molecular weight excluding hydrogens is 308 g/mol. The van der Waals surface area contributed by atoms with E-state index in [0.717, 1.165) is 28.4 Å². The molecule has 3 rings (SSSR count). The molecule has 0 aliphatic rings. The normalized spacial score (nSPS) is 12.1. The summed E-state index contributed by atoms with van der Waals surface area (Å²) in [5.41, 5.74) is 1.85. The molecule has 0 spiro atoms. The van der Waals surface area contributed by atoms with Gasteiger partial charge in [-0.25, -0.2) is 4.98 Å². The van der Waals surface area contributed by atoms with Crippen LogP contribution in [0, 0.1) is 12.3 Å². The highest BCUT2D eigenvalue weighted by molar-refractivity contribution is 5.70. The summed E-state index contributed by atoms with van der Waals surface area (Å²) in [5.74, 6) is 1.45. The van der Waals surface area contributed by atoms with Crippen LogP contribution in [0.25, 0.3) is 5.78 Å². The van der Waals surface area contributed by atoms with Crippen molar-refractivity contribution in [2.24, 2.45) is 0 Å². The number of benzene rings is 1. The first-order chi connectivity index (χ1) is 11.6. The number of aromatic nitrogens is 4. The Morgan fingerprint density at radius 2 is 2.08 bits per heavy atom. The molecule has 0 aliphatic carbocycles. The van der Waals surface area contributed by atoms with E-state index in [-0.39, 0.29) is 12.1 Å². The molecule has 8 nitrogen and oxygen atoms in total. The van der Waals surface area contributed by atoms with Gasteiger partial charge in [-0.05, 0) is 31.5 Å². The van der Waals surface area contributed by atoms with E-state index >= 15 is 0 Å². The Balaban J connectivity index is 1.96. The Hall–Kier alpha value is -3.00. The first-order valence-electron chi connectivity index (χ1n) is 7.42. The molecule has 0 bridgehead atoms. The van der Waals surface area contributed by atoms with E-state index in [0.29, 0.717) is 5.78 Å². The minimum Gasteiger partial charge on any atom is -0.484 e. The average Bonchev–Trinajstić information content (AvgIpc) is 3.01. The molecule has 2 aromatic heterocycles. The second-order valence-electron chi connectivity index (χ2n) is 5.16. The van der Waals surface area contributed by atoms with Gasteiger partial charge in [0.25, 0.3) is 11.7 Å². The maximum absolute atomic E-state index is 7.32. The molecule has 2 heterocycles. The van der Waals surface area contributed by atoms with Gasteiger partial charge in [0.15, 0.2) is 0 Å². The van der Waals surface area contributed by atoms with Gasteiger partial charge in [-0.2, -0.15) is 14.6 Å².